The standard InChI is InChI=1S/C24H26N2O4/c1-15-16(2)24(28)30-23-11-19(7-8-20(15)23)29-14-18(27)13-25-10-9-17-12-26-22-6-4-3-5-21(17)22/h3-8,11-12,18,25-27H,9-10,13-14H2,1-2H3/t18-/m1/s1. The maximum absolute atomic E-state index is 11.9. The summed E-state index contributed by atoms with van der Waals surface area (Å²) in [5.74, 6) is 0.562. The van der Waals surface area contributed by atoms with Crippen LogP contribution in [0.15, 0.2) is 57.9 Å². The largest absolute Gasteiger partial charge is 0.491 e. The van der Waals surface area contributed by atoms with E-state index >= 15 is 0 Å². The normalized spacial score (nSPS) is 12.5. The molecule has 0 aliphatic heterocycles. The lowest BCUT2D eigenvalue weighted by molar-refractivity contribution is 0.106. The molecule has 1 atom stereocenters. The Bertz CT molecular complexity index is 1230. The fourth-order valence-electron chi connectivity index (χ4n) is 3.60. The lowest BCUT2D eigenvalue weighted by atomic mass is 10.1. The number of aliphatic hydroxyl groups is 1. The number of ether oxygens (including phenoxy) is 1. The fourth-order valence-corrected chi connectivity index (χ4v) is 3.60. The molecule has 30 heavy (non-hydrogen) atoms. The molecule has 0 saturated heterocycles. The lowest BCUT2D eigenvalue weighted by Gasteiger charge is -2.14. The first-order valence-electron chi connectivity index (χ1n) is 10.1. The predicted molar refractivity (Wildman–Crippen MR) is 118 cm³/mol. The minimum Gasteiger partial charge on any atom is -0.491 e. The molecule has 0 radical (unpaired) electrons. The number of aromatic amines is 1. The summed E-state index contributed by atoms with van der Waals surface area (Å²) in [6.07, 6.45) is 2.27. The van der Waals surface area contributed by atoms with E-state index in [4.69, 9.17) is 9.15 Å². The first-order chi connectivity index (χ1) is 14.5. The Morgan fingerprint density at radius 1 is 1.13 bits per heavy atom. The van der Waals surface area contributed by atoms with Gasteiger partial charge in [-0.25, -0.2) is 4.79 Å². The molecule has 4 rings (SSSR count). The van der Waals surface area contributed by atoms with E-state index in [9.17, 15) is 9.90 Å². The zero-order valence-corrected chi connectivity index (χ0v) is 17.2. The molecule has 156 valence electrons. The summed E-state index contributed by atoms with van der Waals surface area (Å²) < 4.78 is 11.0. The molecule has 0 amide bonds. The molecule has 0 saturated carbocycles. The molecular weight excluding hydrogens is 380 g/mol. The van der Waals surface area contributed by atoms with Crippen LogP contribution in [0.4, 0.5) is 0 Å². The van der Waals surface area contributed by atoms with Gasteiger partial charge in [0.15, 0.2) is 0 Å². The number of H-pyrrole nitrogens is 1. The number of nitrogens with one attached hydrogen (secondary N) is 2. The second-order valence-corrected chi connectivity index (χ2v) is 7.58. The maximum atomic E-state index is 11.9. The zero-order chi connectivity index (χ0) is 21.1. The molecule has 2 heterocycles. The first-order valence-corrected chi connectivity index (χ1v) is 10.1. The number of para-hydroxylation sites is 1. The van der Waals surface area contributed by atoms with Gasteiger partial charge in [0.1, 0.15) is 24.0 Å². The highest BCUT2D eigenvalue weighted by atomic mass is 16.5. The molecule has 2 aromatic carbocycles. The van der Waals surface area contributed by atoms with Gasteiger partial charge in [-0.1, -0.05) is 18.2 Å². The van der Waals surface area contributed by atoms with Gasteiger partial charge in [-0.3, -0.25) is 0 Å². The third kappa shape index (κ3) is 4.25. The molecule has 0 spiro atoms. The maximum Gasteiger partial charge on any atom is 0.339 e. The van der Waals surface area contributed by atoms with Crippen molar-refractivity contribution in [2.24, 2.45) is 0 Å². The Hall–Kier alpha value is -3.09. The molecule has 0 bridgehead atoms. The van der Waals surface area contributed by atoms with Gasteiger partial charge < -0.3 is 24.6 Å². The lowest BCUT2D eigenvalue weighted by Crippen LogP contribution is -2.32. The fraction of sp³-hybridized carbons (Fsp3) is 0.292. The SMILES string of the molecule is Cc1c(C)c2ccc(OC[C@H](O)CNCCc3c[nH]c4ccccc34)cc2oc1=O. The highest BCUT2D eigenvalue weighted by Crippen LogP contribution is 2.24. The van der Waals surface area contributed by atoms with Crippen molar-refractivity contribution in [2.45, 2.75) is 26.4 Å². The van der Waals surface area contributed by atoms with Gasteiger partial charge in [-0.2, -0.15) is 0 Å². The Morgan fingerprint density at radius 2 is 1.97 bits per heavy atom. The number of rotatable bonds is 8. The minimum absolute atomic E-state index is 0.153. The number of aryl methyl sites for hydroxylation is 1. The van der Waals surface area contributed by atoms with Gasteiger partial charge in [0.25, 0.3) is 0 Å². The van der Waals surface area contributed by atoms with Crippen molar-refractivity contribution in [3.05, 3.63) is 75.8 Å². The van der Waals surface area contributed by atoms with Crippen LogP contribution in [0, 0.1) is 13.8 Å². The number of hydrogen-bond donors (Lipinski definition) is 3. The molecular formula is C24H26N2O4. The van der Waals surface area contributed by atoms with Gasteiger partial charge >= 0.3 is 5.63 Å². The third-order valence-electron chi connectivity index (χ3n) is 5.50. The van der Waals surface area contributed by atoms with Crippen LogP contribution in [0.25, 0.3) is 21.9 Å². The van der Waals surface area contributed by atoms with Crippen LogP contribution in [0.5, 0.6) is 5.75 Å². The Kier molecular flexibility index (Phi) is 5.88. The van der Waals surface area contributed by atoms with Crippen molar-refractivity contribution in [3.63, 3.8) is 0 Å². The van der Waals surface area contributed by atoms with Crippen molar-refractivity contribution in [3.8, 4) is 5.75 Å². The van der Waals surface area contributed by atoms with E-state index in [1.54, 1.807) is 13.0 Å². The summed E-state index contributed by atoms with van der Waals surface area (Å²) in [5, 5.41) is 15.6. The van der Waals surface area contributed by atoms with Gasteiger partial charge in [0, 0.05) is 40.7 Å². The first kappa shape index (κ1) is 20.2. The van der Waals surface area contributed by atoms with Crippen molar-refractivity contribution in [2.75, 3.05) is 19.7 Å². The molecule has 4 aromatic rings. The molecule has 0 aliphatic rings. The molecule has 6 heteroatoms. The van der Waals surface area contributed by atoms with E-state index in [2.05, 4.69) is 22.4 Å². The van der Waals surface area contributed by atoms with E-state index in [1.807, 2.05) is 37.4 Å². The minimum atomic E-state index is -0.643. The number of fused-ring (bicyclic) bond motifs is 2. The summed E-state index contributed by atoms with van der Waals surface area (Å²) in [6.45, 7) is 5.01. The molecule has 0 aliphatic carbocycles. The second kappa shape index (κ2) is 8.73. The predicted octanol–water partition coefficient (Wildman–Crippen LogP) is 3.46. The molecule has 2 aromatic heterocycles. The summed E-state index contributed by atoms with van der Waals surface area (Å²) >= 11 is 0. The van der Waals surface area contributed by atoms with Crippen LogP contribution in [0.3, 0.4) is 0 Å². The van der Waals surface area contributed by atoms with Gasteiger partial charge in [-0.05, 0) is 56.1 Å². The quantitative estimate of drug-likeness (QED) is 0.308. The van der Waals surface area contributed by atoms with Crippen LogP contribution in [-0.2, 0) is 6.42 Å². The Balaban J connectivity index is 1.27. The van der Waals surface area contributed by atoms with Crippen LogP contribution < -0.4 is 15.7 Å². The topological polar surface area (TPSA) is 87.5 Å². The van der Waals surface area contributed by atoms with Crippen LogP contribution in [0.2, 0.25) is 0 Å². The van der Waals surface area contributed by atoms with Gasteiger partial charge in [-0.15, -0.1) is 0 Å². The Morgan fingerprint density at radius 3 is 2.83 bits per heavy atom. The summed E-state index contributed by atoms with van der Waals surface area (Å²) in [6, 6.07) is 13.6. The Labute approximate surface area is 174 Å². The van der Waals surface area contributed by atoms with Crippen LogP contribution in [-0.4, -0.2) is 35.9 Å². The van der Waals surface area contributed by atoms with E-state index in [0.717, 1.165) is 29.4 Å². The summed E-state index contributed by atoms with van der Waals surface area (Å²) in [7, 11) is 0. The van der Waals surface area contributed by atoms with E-state index < -0.39 is 6.10 Å². The van der Waals surface area contributed by atoms with Crippen LogP contribution in [0.1, 0.15) is 16.7 Å². The number of aromatic nitrogens is 1. The molecule has 0 unspecified atom stereocenters. The van der Waals surface area contributed by atoms with E-state index in [1.165, 1.54) is 10.9 Å². The second-order valence-electron chi connectivity index (χ2n) is 7.58. The van der Waals surface area contributed by atoms with Crippen molar-refractivity contribution < 1.29 is 14.3 Å². The third-order valence-corrected chi connectivity index (χ3v) is 5.50. The average molecular weight is 406 g/mol. The molecule has 6 nitrogen and oxygen atoms in total. The average Bonchev–Trinajstić information content (AvgIpc) is 3.16. The van der Waals surface area contributed by atoms with Gasteiger partial charge in [0.2, 0.25) is 0 Å². The van der Waals surface area contributed by atoms with Crippen molar-refractivity contribution >= 4 is 21.9 Å². The molecule has 3 N–H and O–H groups in total. The summed E-state index contributed by atoms with van der Waals surface area (Å²) in [5.41, 5.74) is 4.07. The number of benzene rings is 2. The van der Waals surface area contributed by atoms with Crippen molar-refractivity contribution in [1.82, 2.24) is 10.3 Å². The van der Waals surface area contributed by atoms with E-state index in [0.29, 0.717) is 23.4 Å². The zero-order valence-electron chi connectivity index (χ0n) is 17.2. The highest BCUT2D eigenvalue weighted by Gasteiger charge is 2.10. The van der Waals surface area contributed by atoms with Crippen LogP contribution >= 0.6 is 0 Å². The number of hydrogen-bond acceptors (Lipinski definition) is 5. The summed E-state index contributed by atoms with van der Waals surface area (Å²) in [4.78, 5) is 15.2. The van der Waals surface area contributed by atoms with Crippen molar-refractivity contribution in [1.29, 1.82) is 0 Å². The van der Waals surface area contributed by atoms with Gasteiger partial charge in [0.05, 0.1) is 0 Å². The number of aliphatic hydroxyl groups excluding tert-OH is 1. The smallest absolute Gasteiger partial charge is 0.339 e. The monoisotopic (exact) mass is 406 g/mol. The van der Waals surface area contributed by atoms with E-state index in [-0.39, 0.29) is 12.2 Å². The highest BCUT2D eigenvalue weighted by molar-refractivity contribution is 5.83. The molecule has 0 fully saturated rings.